The van der Waals surface area contributed by atoms with Crippen molar-refractivity contribution >= 4 is 21.6 Å². The topological polar surface area (TPSA) is 144 Å². The summed E-state index contributed by atoms with van der Waals surface area (Å²) < 4.78 is 32.7. The molecule has 37 heavy (non-hydrogen) atoms. The van der Waals surface area contributed by atoms with E-state index < -0.39 is 15.9 Å². The minimum atomic E-state index is -3.71. The average molecular weight is 522 g/mol. The molecule has 0 saturated heterocycles. The van der Waals surface area contributed by atoms with Gasteiger partial charge in [0.2, 0.25) is 11.8 Å². The van der Waals surface area contributed by atoms with Crippen molar-refractivity contribution in [3.05, 3.63) is 47.8 Å². The van der Waals surface area contributed by atoms with Crippen LogP contribution in [-0.4, -0.2) is 38.7 Å². The number of rotatable bonds is 5. The normalized spacial score (nSPS) is 16.8. The predicted molar refractivity (Wildman–Crippen MR) is 136 cm³/mol. The number of aromatic nitrogens is 3. The molecule has 2 aromatic heterocycles. The number of nitrogens with zero attached hydrogens (tertiary/aromatic N) is 5. The standard InChI is InChI=1S/C25H27N7O4S/c1-25(2)13-32-23(36-14-25)20(12-28-32)37(34,29-15-26)31-24(33)30-22-18-6-4-5-16(18)7-8-19(22)17-9-10-27-21(11-17)35-3/h7-12H,4-6,13-14H2,1-3H3,(H2,29,30,31,33,34)/t37-/m1/s1. The largest absolute Gasteiger partial charge is 0.481 e. The van der Waals surface area contributed by atoms with Crippen molar-refractivity contribution in [2.24, 2.45) is 9.78 Å². The quantitative estimate of drug-likeness (QED) is 0.383. The van der Waals surface area contributed by atoms with Gasteiger partial charge in [0.25, 0.3) is 0 Å². The smallest absolute Gasteiger partial charge is 0.355 e. The molecular formula is C25H27N7O4S. The number of ether oxygens (including phenoxy) is 2. The van der Waals surface area contributed by atoms with Gasteiger partial charge >= 0.3 is 6.03 Å². The second kappa shape index (κ2) is 9.40. The summed E-state index contributed by atoms with van der Waals surface area (Å²) in [5, 5.41) is 16.5. The molecule has 0 fully saturated rings. The molecule has 1 aliphatic heterocycles. The van der Waals surface area contributed by atoms with Crippen molar-refractivity contribution in [1.82, 2.24) is 19.5 Å². The molecule has 1 atom stereocenters. The van der Waals surface area contributed by atoms with Crippen LogP contribution in [0.1, 0.15) is 31.4 Å². The van der Waals surface area contributed by atoms with E-state index in [1.54, 1.807) is 23.1 Å². The lowest BCUT2D eigenvalue weighted by molar-refractivity contribution is 0.0971. The summed E-state index contributed by atoms with van der Waals surface area (Å²) in [7, 11) is -2.17. The number of amides is 2. The Hall–Kier alpha value is -4.11. The third-order valence-electron chi connectivity index (χ3n) is 6.40. The van der Waals surface area contributed by atoms with Gasteiger partial charge in [0, 0.05) is 23.2 Å². The molecule has 1 aliphatic carbocycles. The highest BCUT2D eigenvalue weighted by molar-refractivity contribution is 7.92. The highest BCUT2D eigenvalue weighted by Crippen LogP contribution is 2.39. The Balaban J connectivity index is 1.55. The first-order valence-corrected chi connectivity index (χ1v) is 13.3. The molecule has 2 N–H and O–H groups in total. The van der Waals surface area contributed by atoms with E-state index in [0.717, 1.165) is 41.5 Å². The van der Waals surface area contributed by atoms with Crippen LogP contribution in [0.4, 0.5) is 10.5 Å². The zero-order chi connectivity index (χ0) is 26.2. The second-order valence-electron chi connectivity index (χ2n) is 9.75. The monoisotopic (exact) mass is 521 g/mol. The summed E-state index contributed by atoms with van der Waals surface area (Å²) in [6.07, 6.45) is 7.27. The Morgan fingerprint density at radius 3 is 2.95 bits per heavy atom. The fourth-order valence-corrected chi connectivity index (χ4v) is 5.94. The van der Waals surface area contributed by atoms with Crippen LogP contribution in [0, 0.1) is 16.9 Å². The van der Waals surface area contributed by atoms with Crippen LogP contribution < -0.4 is 19.5 Å². The number of hydrogen-bond acceptors (Lipinski definition) is 7. The van der Waals surface area contributed by atoms with Crippen molar-refractivity contribution in [1.29, 1.82) is 5.26 Å². The molecule has 192 valence electrons. The van der Waals surface area contributed by atoms with Crippen molar-refractivity contribution in [3.63, 3.8) is 0 Å². The van der Waals surface area contributed by atoms with E-state index in [1.807, 2.05) is 26.0 Å². The summed E-state index contributed by atoms with van der Waals surface area (Å²) in [5.41, 5.74) is 4.12. The lowest BCUT2D eigenvalue weighted by atomic mass is 9.94. The Kier molecular flexibility index (Phi) is 6.25. The van der Waals surface area contributed by atoms with Crippen LogP contribution in [0.15, 0.2) is 45.9 Å². The van der Waals surface area contributed by atoms with Gasteiger partial charge in [0.1, 0.15) is 0 Å². The maximum atomic E-state index is 13.8. The highest BCUT2D eigenvalue weighted by atomic mass is 32.2. The number of carbonyl (C=O) groups is 1. The van der Waals surface area contributed by atoms with E-state index in [0.29, 0.717) is 24.7 Å². The first-order chi connectivity index (χ1) is 17.7. The summed E-state index contributed by atoms with van der Waals surface area (Å²) in [6, 6.07) is 6.73. The van der Waals surface area contributed by atoms with E-state index in [2.05, 4.69) is 30.6 Å². The average Bonchev–Trinajstić information content (AvgIpc) is 3.51. The molecule has 0 radical (unpaired) electrons. The lowest BCUT2D eigenvalue weighted by Crippen LogP contribution is -2.33. The van der Waals surface area contributed by atoms with E-state index in [1.165, 1.54) is 13.3 Å². The molecule has 0 unspecified atom stereocenters. The number of aryl methyl sites for hydroxylation is 1. The highest BCUT2D eigenvalue weighted by Gasteiger charge is 2.33. The van der Waals surface area contributed by atoms with Crippen LogP contribution in [0.25, 0.3) is 11.1 Å². The molecule has 12 heteroatoms. The zero-order valence-electron chi connectivity index (χ0n) is 20.8. The molecule has 5 rings (SSSR count). The van der Waals surface area contributed by atoms with E-state index in [9.17, 15) is 14.3 Å². The fourth-order valence-electron chi connectivity index (χ4n) is 4.69. The van der Waals surface area contributed by atoms with Crippen LogP contribution in [0.5, 0.6) is 11.8 Å². The summed E-state index contributed by atoms with van der Waals surface area (Å²) in [6.45, 7) is 4.95. The van der Waals surface area contributed by atoms with E-state index >= 15 is 0 Å². The van der Waals surface area contributed by atoms with Crippen LogP contribution in [-0.2, 0) is 29.3 Å². The number of urea groups is 1. The van der Waals surface area contributed by atoms with Gasteiger partial charge in [-0.25, -0.2) is 23.4 Å². The molecule has 1 aromatic carbocycles. The van der Waals surface area contributed by atoms with Crippen molar-refractivity contribution in [2.75, 3.05) is 19.0 Å². The minimum Gasteiger partial charge on any atom is -0.481 e. The molecule has 0 spiro atoms. The maximum Gasteiger partial charge on any atom is 0.355 e. The third-order valence-corrected chi connectivity index (χ3v) is 8.07. The Morgan fingerprint density at radius 2 is 2.16 bits per heavy atom. The van der Waals surface area contributed by atoms with Gasteiger partial charge in [0.15, 0.2) is 21.0 Å². The first-order valence-electron chi connectivity index (χ1n) is 11.8. The number of fused-ring (bicyclic) bond motifs is 2. The van der Waals surface area contributed by atoms with Gasteiger partial charge in [-0.3, -0.25) is 0 Å². The number of pyridine rings is 1. The molecule has 0 saturated carbocycles. The van der Waals surface area contributed by atoms with Crippen LogP contribution >= 0.6 is 0 Å². The van der Waals surface area contributed by atoms with E-state index in [4.69, 9.17) is 9.47 Å². The molecular weight excluding hydrogens is 494 g/mol. The van der Waals surface area contributed by atoms with Gasteiger partial charge in [-0.1, -0.05) is 26.0 Å². The van der Waals surface area contributed by atoms with Gasteiger partial charge in [-0.15, -0.1) is 4.36 Å². The van der Waals surface area contributed by atoms with Gasteiger partial charge in [-0.05, 0) is 42.0 Å². The van der Waals surface area contributed by atoms with Crippen molar-refractivity contribution in [2.45, 2.75) is 44.6 Å². The summed E-state index contributed by atoms with van der Waals surface area (Å²) in [4.78, 5) is 17.5. The maximum absolute atomic E-state index is 13.8. The molecule has 0 bridgehead atoms. The van der Waals surface area contributed by atoms with Crippen molar-refractivity contribution < 1.29 is 18.5 Å². The Morgan fingerprint density at radius 1 is 1.32 bits per heavy atom. The Bertz CT molecular complexity index is 1550. The molecule has 2 aliphatic rings. The third kappa shape index (κ3) is 4.70. The Labute approximate surface area is 215 Å². The second-order valence-corrected chi connectivity index (χ2v) is 11.6. The zero-order valence-corrected chi connectivity index (χ0v) is 21.6. The molecule has 2 amide bonds. The number of anilines is 1. The predicted octanol–water partition coefficient (Wildman–Crippen LogP) is 3.91. The minimum absolute atomic E-state index is 0.0529. The first kappa shape index (κ1) is 24.6. The van der Waals surface area contributed by atoms with Gasteiger partial charge in [-0.2, -0.15) is 10.4 Å². The number of methoxy groups -OCH3 is 1. The molecule has 3 aromatic rings. The van der Waals surface area contributed by atoms with E-state index in [-0.39, 0.29) is 16.2 Å². The van der Waals surface area contributed by atoms with Crippen LogP contribution in [0.3, 0.4) is 0 Å². The molecule has 11 nitrogen and oxygen atoms in total. The number of benzene rings is 1. The van der Waals surface area contributed by atoms with Gasteiger partial charge in [0.05, 0.1) is 32.1 Å². The number of nitrogens with one attached hydrogen (secondary N) is 2. The molecule has 3 heterocycles. The van der Waals surface area contributed by atoms with Gasteiger partial charge < -0.3 is 14.8 Å². The van der Waals surface area contributed by atoms with Crippen molar-refractivity contribution in [3.8, 4) is 29.1 Å². The SMILES string of the molecule is COc1cc(-c2ccc3c(c2NC(=O)N=[S@](=O)(NC#N)c2cnn4c2OCC(C)(C)C4)CCC3)ccn1. The lowest BCUT2D eigenvalue weighted by Gasteiger charge is -2.30. The summed E-state index contributed by atoms with van der Waals surface area (Å²) >= 11 is 0. The number of hydrogen-bond donors (Lipinski definition) is 2. The van der Waals surface area contributed by atoms with Crippen LogP contribution in [0.2, 0.25) is 0 Å². The summed E-state index contributed by atoms with van der Waals surface area (Å²) in [5.74, 6) is 0.671. The number of nitriles is 1. The fraction of sp³-hybridized carbons (Fsp3) is 0.360. The number of carbonyl (C=O) groups excluding carboxylic acids is 1.